The van der Waals surface area contributed by atoms with Gasteiger partial charge in [0.25, 0.3) is 0 Å². The van der Waals surface area contributed by atoms with Gasteiger partial charge >= 0.3 is 0 Å². The van der Waals surface area contributed by atoms with Crippen LogP contribution in [0.4, 0.5) is 0 Å². The molecule has 1 saturated carbocycles. The zero-order valence-corrected chi connectivity index (χ0v) is 13.9. The van der Waals surface area contributed by atoms with Gasteiger partial charge in [-0.3, -0.25) is 0 Å². The summed E-state index contributed by atoms with van der Waals surface area (Å²) in [6.07, 6.45) is 4.17. The molecule has 2 heteroatoms. The number of hydrogen-bond acceptors (Lipinski definition) is 2. The van der Waals surface area contributed by atoms with E-state index in [9.17, 15) is 0 Å². The highest BCUT2D eigenvalue weighted by atomic mass is 15.2. The van der Waals surface area contributed by atoms with Crippen LogP contribution in [-0.4, -0.2) is 37.6 Å². The van der Waals surface area contributed by atoms with Crippen LogP contribution in [0.3, 0.4) is 0 Å². The summed E-state index contributed by atoms with van der Waals surface area (Å²) < 4.78 is 0. The monoisotopic (exact) mass is 266 g/mol. The zero-order valence-electron chi connectivity index (χ0n) is 13.9. The van der Waals surface area contributed by atoms with Gasteiger partial charge in [-0.05, 0) is 55.5 Å². The maximum atomic E-state index is 3.59. The van der Waals surface area contributed by atoms with E-state index in [-0.39, 0.29) is 0 Å². The van der Waals surface area contributed by atoms with Crippen LogP contribution in [0.1, 0.15) is 53.9 Å². The summed E-state index contributed by atoms with van der Waals surface area (Å²) >= 11 is 0. The quantitative estimate of drug-likeness (QED) is 0.842. The third kappa shape index (κ3) is 3.33. The van der Waals surface area contributed by atoms with Gasteiger partial charge in [-0.1, -0.05) is 34.6 Å². The van der Waals surface area contributed by atoms with Crippen molar-refractivity contribution in [2.75, 3.05) is 26.7 Å². The summed E-state index contributed by atoms with van der Waals surface area (Å²) in [5.74, 6) is 1.73. The highest BCUT2D eigenvalue weighted by Crippen LogP contribution is 2.42. The molecule has 3 atom stereocenters. The second-order valence-corrected chi connectivity index (χ2v) is 8.66. The molecule has 1 heterocycles. The van der Waals surface area contributed by atoms with Crippen molar-refractivity contribution in [3.05, 3.63) is 0 Å². The fourth-order valence-corrected chi connectivity index (χ4v) is 4.38. The first kappa shape index (κ1) is 15.3. The van der Waals surface area contributed by atoms with Crippen molar-refractivity contribution in [1.29, 1.82) is 0 Å². The van der Waals surface area contributed by atoms with Crippen molar-refractivity contribution >= 4 is 0 Å². The van der Waals surface area contributed by atoms with Gasteiger partial charge in [-0.15, -0.1) is 0 Å². The minimum atomic E-state index is 0.475. The van der Waals surface area contributed by atoms with Gasteiger partial charge in [0.15, 0.2) is 0 Å². The standard InChI is InChI=1S/C17H34N2/c1-16(2,3)14-8-10-19(12-14)11-13-7-9-17(4,5)15(13)18-6/h13-15,18H,7-12H2,1-6H3. The number of likely N-dealkylation sites (tertiary alicyclic amines) is 1. The Hall–Kier alpha value is -0.0800. The molecule has 0 radical (unpaired) electrons. The summed E-state index contributed by atoms with van der Waals surface area (Å²) in [6.45, 7) is 16.0. The Kier molecular flexibility index (Phi) is 4.32. The minimum absolute atomic E-state index is 0.475. The van der Waals surface area contributed by atoms with Crippen molar-refractivity contribution in [1.82, 2.24) is 10.2 Å². The molecule has 112 valence electrons. The van der Waals surface area contributed by atoms with Gasteiger partial charge in [0.05, 0.1) is 0 Å². The summed E-state index contributed by atoms with van der Waals surface area (Å²) in [5, 5.41) is 3.59. The van der Waals surface area contributed by atoms with Gasteiger partial charge in [0.2, 0.25) is 0 Å². The summed E-state index contributed by atoms with van der Waals surface area (Å²) in [4.78, 5) is 2.73. The van der Waals surface area contributed by atoms with E-state index in [1.807, 2.05) is 0 Å². The van der Waals surface area contributed by atoms with Gasteiger partial charge in [-0.2, -0.15) is 0 Å². The Labute approximate surface area is 120 Å². The topological polar surface area (TPSA) is 15.3 Å². The van der Waals surface area contributed by atoms with Crippen LogP contribution in [0.2, 0.25) is 0 Å². The first-order valence-corrected chi connectivity index (χ1v) is 8.13. The van der Waals surface area contributed by atoms with Crippen LogP contribution >= 0.6 is 0 Å². The molecule has 0 aromatic rings. The number of nitrogens with zero attached hydrogens (tertiary/aromatic N) is 1. The van der Waals surface area contributed by atoms with Crippen molar-refractivity contribution in [3.8, 4) is 0 Å². The molecular weight excluding hydrogens is 232 g/mol. The highest BCUT2D eigenvalue weighted by Gasteiger charge is 2.42. The van der Waals surface area contributed by atoms with Crippen LogP contribution in [0.15, 0.2) is 0 Å². The average Bonchev–Trinajstić information content (AvgIpc) is 2.83. The van der Waals surface area contributed by atoms with Crippen LogP contribution in [0.25, 0.3) is 0 Å². The lowest BCUT2D eigenvalue weighted by atomic mass is 9.80. The fraction of sp³-hybridized carbons (Fsp3) is 1.00. The third-order valence-electron chi connectivity index (χ3n) is 5.77. The summed E-state index contributed by atoms with van der Waals surface area (Å²) in [7, 11) is 2.15. The molecule has 2 fully saturated rings. The molecule has 2 rings (SSSR count). The zero-order chi connectivity index (χ0) is 14.3. The van der Waals surface area contributed by atoms with Crippen LogP contribution in [0, 0.1) is 22.7 Å². The summed E-state index contributed by atoms with van der Waals surface area (Å²) in [5.41, 5.74) is 0.953. The normalized spacial score (nSPS) is 36.0. The Morgan fingerprint density at radius 3 is 2.42 bits per heavy atom. The van der Waals surface area contributed by atoms with E-state index in [1.165, 1.54) is 38.9 Å². The van der Waals surface area contributed by atoms with E-state index in [0.29, 0.717) is 16.9 Å². The van der Waals surface area contributed by atoms with Crippen molar-refractivity contribution in [2.24, 2.45) is 22.7 Å². The van der Waals surface area contributed by atoms with E-state index < -0.39 is 0 Å². The molecule has 0 amide bonds. The molecule has 2 aliphatic rings. The van der Waals surface area contributed by atoms with Gasteiger partial charge in [0.1, 0.15) is 0 Å². The molecule has 0 aromatic heterocycles. The molecular formula is C17H34N2. The second-order valence-electron chi connectivity index (χ2n) is 8.66. The van der Waals surface area contributed by atoms with Crippen molar-refractivity contribution in [3.63, 3.8) is 0 Å². The number of nitrogens with one attached hydrogen (secondary N) is 1. The Morgan fingerprint density at radius 1 is 1.21 bits per heavy atom. The van der Waals surface area contributed by atoms with Crippen LogP contribution in [0.5, 0.6) is 0 Å². The second kappa shape index (κ2) is 5.37. The number of rotatable bonds is 3. The lowest BCUT2D eigenvalue weighted by molar-refractivity contribution is 0.189. The van der Waals surface area contributed by atoms with Gasteiger partial charge in [0, 0.05) is 19.1 Å². The molecule has 1 saturated heterocycles. The SMILES string of the molecule is CNC1C(CN2CCC(C(C)(C)C)C2)CCC1(C)C. The van der Waals surface area contributed by atoms with Crippen molar-refractivity contribution < 1.29 is 0 Å². The lowest BCUT2D eigenvalue weighted by Gasteiger charge is -2.33. The highest BCUT2D eigenvalue weighted by molar-refractivity contribution is 4.97. The van der Waals surface area contributed by atoms with E-state index in [0.717, 1.165) is 11.8 Å². The minimum Gasteiger partial charge on any atom is -0.316 e. The lowest BCUT2D eigenvalue weighted by Crippen LogP contribution is -2.44. The maximum absolute atomic E-state index is 3.59. The molecule has 0 bridgehead atoms. The van der Waals surface area contributed by atoms with E-state index >= 15 is 0 Å². The van der Waals surface area contributed by atoms with Crippen LogP contribution in [-0.2, 0) is 0 Å². The smallest absolute Gasteiger partial charge is 0.0156 e. The molecule has 0 spiro atoms. The summed E-state index contributed by atoms with van der Waals surface area (Å²) in [6, 6.07) is 0.696. The Balaban J connectivity index is 1.90. The molecule has 1 aliphatic carbocycles. The Morgan fingerprint density at radius 2 is 1.89 bits per heavy atom. The van der Waals surface area contributed by atoms with Crippen LogP contribution < -0.4 is 5.32 Å². The van der Waals surface area contributed by atoms with E-state index in [2.05, 4.69) is 51.9 Å². The molecule has 2 nitrogen and oxygen atoms in total. The third-order valence-corrected chi connectivity index (χ3v) is 5.77. The first-order valence-electron chi connectivity index (χ1n) is 8.13. The molecule has 1 N–H and O–H groups in total. The van der Waals surface area contributed by atoms with E-state index in [1.54, 1.807) is 0 Å². The van der Waals surface area contributed by atoms with E-state index in [4.69, 9.17) is 0 Å². The maximum Gasteiger partial charge on any atom is 0.0156 e. The number of hydrogen-bond donors (Lipinski definition) is 1. The predicted molar refractivity (Wildman–Crippen MR) is 83.4 cm³/mol. The molecule has 19 heavy (non-hydrogen) atoms. The average molecular weight is 266 g/mol. The largest absolute Gasteiger partial charge is 0.316 e. The first-order chi connectivity index (χ1) is 8.74. The van der Waals surface area contributed by atoms with Crippen molar-refractivity contribution in [2.45, 2.75) is 59.9 Å². The predicted octanol–water partition coefficient (Wildman–Crippen LogP) is 3.38. The molecule has 0 aromatic carbocycles. The molecule has 1 aliphatic heterocycles. The van der Waals surface area contributed by atoms with Gasteiger partial charge < -0.3 is 10.2 Å². The molecule has 3 unspecified atom stereocenters. The Bertz CT molecular complexity index is 303. The van der Waals surface area contributed by atoms with Gasteiger partial charge in [-0.25, -0.2) is 0 Å². The fourth-order valence-electron chi connectivity index (χ4n) is 4.38.